The maximum atomic E-state index is 11.1. The van der Waals surface area contributed by atoms with Gasteiger partial charge in [-0.2, -0.15) is 4.98 Å². The van der Waals surface area contributed by atoms with Gasteiger partial charge in [0, 0.05) is 25.2 Å². The Morgan fingerprint density at radius 2 is 2.00 bits per heavy atom. The highest BCUT2D eigenvalue weighted by molar-refractivity contribution is 5.92. The minimum Gasteiger partial charge on any atom is -0.310 e. The summed E-state index contributed by atoms with van der Waals surface area (Å²) in [4.78, 5) is 25.8. The third-order valence-corrected chi connectivity index (χ3v) is 2.04. The van der Waals surface area contributed by atoms with Crippen LogP contribution in [0.3, 0.4) is 0 Å². The molecule has 5 nitrogen and oxygen atoms in total. The molecule has 0 unspecified atom stereocenters. The van der Waals surface area contributed by atoms with Crippen molar-refractivity contribution in [3.63, 3.8) is 0 Å². The lowest BCUT2D eigenvalue weighted by Gasteiger charge is -2.15. The van der Waals surface area contributed by atoms with Gasteiger partial charge in [-0.25, -0.2) is 4.79 Å². The van der Waals surface area contributed by atoms with Gasteiger partial charge in [0.1, 0.15) is 5.82 Å². The number of aromatic nitrogens is 2. The molecule has 15 heavy (non-hydrogen) atoms. The van der Waals surface area contributed by atoms with E-state index in [0.29, 0.717) is 18.7 Å². The molecule has 0 bridgehead atoms. The molecule has 0 atom stereocenters. The quantitative estimate of drug-likeness (QED) is 0.683. The molecule has 2 rings (SSSR count). The second-order valence-corrected chi connectivity index (χ2v) is 3.06. The smallest absolute Gasteiger partial charge is 0.310 e. The fraction of sp³-hybridized carbons (Fsp3) is 0.500. The number of amides is 1. The molecule has 1 aliphatic rings. The summed E-state index contributed by atoms with van der Waals surface area (Å²) in [5.41, 5.74) is 0.572. The zero-order chi connectivity index (χ0) is 11.4. The highest BCUT2D eigenvalue weighted by Gasteiger charge is 2.16. The Balaban J connectivity index is 0.000000531. The van der Waals surface area contributed by atoms with Crippen LogP contribution in [0.1, 0.15) is 25.8 Å². The summed E-state index contributed by atoms with van der Waals surface area (Å²) in [5, 5.41) is 2.56. The van der Waals surface area contributed by atoms with Crippen molar-refractivity contribution in [2.45, 2.75) is 26.7 Å². The van der Waals surface area contributed by atoms with Crippen molar-refractivity contribution < 1.29 is 4.79 Å². The molecule has 1 amide bonds. The fourth-order valence-corrected chi connectivity index (χ4v) is 1.33. The van der Waals surface area contributed by atoms with E-state index in [9.17, 15) is 9.59 Å². The van der Waals surface area contributed by atoms with E-state index < -0.39 is 0 Å². The maximum Gasteiger partial charge on any atom is 0.349 e. The number of anilines is 1. The Bertz CT molecular complexity index is 423. The van der Waals surface area contributed by atoms with Crippen molar-refractivity contribution in [3.8, 4) is 0 Å². The van der Waals surface area contributed by atoms with Crippen molar-refractivity contribution in [2.75, 3.05) is 5.32 Å². The molecule has 0 radical (unpaired) electrons. The minimum absolute atomic E-state index is 0.0757. The van der Waals surface area contributed by atoms with Gasteiger partial charge in [-0.15, -0.1) is 0 Å². The molecule has 5 heteroatoms. The first-order valence-corrected chi connectivity index (χ1v) is 5.03. The molecule has 0 saturated heterocycles. The summed E-state index contributed by atoms with van der Waals surface area (Å²) in [7, 11) is 1.64. The first kappa shape index (κ1) is 11.4. The Kier molecular flexibility index (Phi) is 3.60. The van der Waals surface area contributed by atoms with Crippen LogP contribution in [-0.4, -0.2) is 15.5 Å². The zero-order valence-electron chi connectivity index (χ0n) is 9.20. The van der Waals surface area contributed by atoms with Crippen molar-refractivity contribution >= 4 is 11.7 Å². The summed E-state index contributed by atoms with van der Waals surface area (Å²) in [5.74, 6) is 0.340. The van der Waals surface area contributed by atoms with Gasteiger partial charge in [0.2, 0.25) is 5.91 Å². The zero-order valence-corrected chi connectivity index (χ0v) is 9.20. The van der Waals surface area contributed by atoms with Gasteiger partial charge in [-0.1, -0.05) is 13.8 Å². The molecule has 0 aromatic carbocycles. The maximum absolute atomic E-state index is 11.1. The van der Waals surface area contributed by atoms with Gasteiger partial charge in [0.25, 0.3) is 0 Å². The van der Waals surface area contributed by atoms with Crippen LogP contribution in [0, 0.1) is 0 Å². The molecular weight excluding hydrogens is 194 g/mol. The molecule has 0 aliphatic carbocycles. The predicted molar refractivity (Wildman–Crippen MR) is 57.8 cm³/mol. The Morgan fingerprint density at radius 1 is 1.33 bits per heavy atom. The first-order chi connectivity index (χ1) is 7.16. The molecular formula is C10H15N3O2. The molecule has 1 aromatic rings. The largest absolute Gasteiger partial charge is 0.349 e. The number of hydrogen-bond acceptors (Lipinski definition) is 3. The van der Waals surface area contributed by atoms with E-state index in [1.54, 1.807) is 13.2 Å². The third-order valence-electron chi connectivity index (χ3n) is 2.04. The normalized spacial score (nSPS) is 13.4. The lowest BCUT2D eigenvalue weighted by Crippen LogP contribution is -2.27. The molecule has 0 fully saturated rings. The van der Waals surface area contributed by atoms with E-state index in [1.165, 1.54) is 4.57 Å². The van der Waals surface area contributed by atoms with Crippen LogP contribution in [0.4, 0.5) is 5.82 Å². The van der Waals surface area contributed by atoms with E-state index in [2.05, 4.69) is 10.3 Å². The summed E-state index contributed by atoms with van der Waals surface area (Å²) >= 11 is 0. The third kappa shape index (κ3) is 2.43. The standard InChI is InChI=1S/C8H9N3O2.C2H6/c1-11-4-5-2-3-6(12)9-7(5)10-8(11)13;1-2/h4H,2-3H2,1H3,(H,9,10,12,13);1-2H3. The number of carbonyl (C=O) groups is 1. The first-order valence-electron chi connectivity index (χ1n) is 5.03. The van der Waals surface area contributed by atoms with Crippen molar-refractivity contribution in [3.05, 3.63) is 22.2 Å². The van der Waals surface area contributed by atoms with Gasteiger partial charge in [-0.05, 0) is 6.42 Å². The van der Waals surface area contributed by atoms with Crippen LogP contribution < -0.4 is 11.0 Å². The molecule has 0 saturated carbocycles. The van der Waals surface area contributed by atoms with Crippen molar-refractivity contribution in [1.82, 2.24) is 9.55 Å². The Labute approximate surface area is 88.1 Å². The van der Waals surface area contributed by atoms with Gasteiger partial charge < -0.3 is 9.88 Å². The number of rotatable bonds is 0. The van der Waals surface area contributed by atoms with Gasteiger partial charge >= 0.3 is 5.69 Å². The molecule has 1 aromatic heterocycles. The van der Waals surface area contributed by atoms with Gasteiger partial charge in [-0.3, -0.25) is 4.79 Å². The second kappa shape index (κ2) is 4.72. The van der Waals surface area contributed by atoms with Crippen LogP contribution in [0.25, 0.3) is 0 Å². The molecule has 2 heterocycles. The molecule has 1 aliphatic heterocycles. The lowest BCUT2D eigenvalue weighted by atomic mass is 10.1. The average molecular weight is 209 g/mol. The van der Waals surface area contributed by atoms with Crippen LogP contribution in [0.2, 0.25) is 0 Å². The summed E-state index contributed by atoms with van der Waals surface area (Å²) in [6.45, 7) is 4.00. The number of aryl methyl sites for hydroxylation is 2. The number of hydrogen-bond donors (Lipinski definition) is 1. The Morgan fingerprint density at radius 3 is 2.67 bits per heavy atom. The second-order valence-electron chi connectivity index (χ2n) is 3.06. The van der Waals surface area contributed by atoms with Crippen molar-refractivity contribution in [2.24, 2.45) is 7.05 Å². The van der Waals surface area contributed by atoms with Gasteiger partial charge in [0.05, 0.1) is 0 Å². The minimum atomic E-state index is -0.346. The summed E-state index contributed by atoms with van der Waals surface area (Å²) < 4.78 is 1.41. The number of carbonyl (C=O) groups excluding carboxylic acids is 1. The van der Waals surface area contributed by atoms with E-state index >= 15 is 0 Å². The van der Waals surface area contributed by atoms with E-state index in [1.807, 2.05) is 13.8 Å². The van der Waals surface area contributed by atoms with Crippen LogP contribution in [0.15, 0.2) is 11.0 Å². The van der Waals surface area contributed by atoms with Crippen LogP contribution in [-0.2, 0) is 18.3 Å². The highest BCUT2D eigenvalue weighted by Crippen LogP contribution is 2.16. The monoisotopic (exact) mass is 209 g/mol. The van der Waals surface area contributed by atoms with E-state index in [4.69, 9.17) is 0 Å². The topological polar surface area (TPSA) is 64.0 Å². The molecule has 1 N–H and O–H groups in total. The van der Waals surface area contributed by atoms with E-state index in [-0.39, 0.29) is 11.6 Å². The number of nitrogens with zero attached hydrogens (tertiary/aromatic N) is 2. The van der Waals surface area contributed by atoms with Crippen LogP contribution in [0.5, 0.6) is 0 Å². The molecule has 0 spiro atoms. The van der Waals surface area contributed by atoms with Crippen LogP contribution >= 0.6 is 0 Å². The average Bonchev–Trinajstić information content (AvgIpc) is 2.23. The molecule has 82 valence electrons. The number of fused-ring (bicyclic) bond motifs is 1. The number of nitrogens with one attached hydrogen (secondary N) is 1. The summed E-state index contributed by atoms with van der Waals surface area (Å²) in [6.07, 6.45) is 2.83. The van der Waals surface area contributed by atoms with E-state index in [0.717, 1.165) is 5.56 Å². The van der Waals surface area contributed by atoms with Gasteiger partial charge in [0.15, 0.2) is 0 Å². The summed E-state index contributed by atoms with van der Waals surface area (Å²) in [6, 6.07) is 0. The van der Waals surface area contributed by atoms with Crippen molar-refractivity contribution in [1.29, 1.82) is 0 Å². The highest BCUT2D eigenvalue weighted by atomic mass is 16.2. The lowest BCUT2D eigenvalue weighted by molar-refractivity contribution is -0.116. The predicted octanol–water partition coefficient (Wildman–Crippen LogP) is 0.691. The fourth-order valence-electron chi connectivity index (χ4n) is 1.33. The SMILES string of the molecule is CC.Cn1cc2c(nc1=O)NC(=O)CC2. The Hall–Kier alpha value is -1.65.